The Hall–Kier alpha value is -4.30. The zero-order valence-corrected chi connectivity index (χ0v) is 19.0. The van der Waals surface area contributed by atoms with Crippen molar-refractivity contribution in [2.75, 3.05) is 0 Å². The molecule has 5 aromatic rings. The Morgan fingerprint density at radius 2 is 1.32 bits per heavy atom. The van der Waals surface area contributed by atoms with Crippen molar-refractivity contribution >= 4 is 27.8 Å². The van der Waals surface area contributed by atoms with Gasteiger partial charge in [-0.1, -0.05) is 103 Å². The van der Waals surface area contributed by atoms with Crippen LogP contribution >= 0.6 is 0 Å². The molecule has 162 valence electrons. The van der Waals surface area contributed by atoms with Crippen molar-refractivity contribution in [1.29, 1.82) is 0 Å². The van der Waals surface area contributed by atoms with Gasteiger partial charge in [0.1, 0.15) is 0 Å². The van der Waals surface area contributed by atoms with E-state index in [1.165, 1.54) is 5.56 Å². The average Bonchev–Trinajstić information content (AvgIpc) is 2.88. The highest BCUT2D eigenvalue weighted by molar-refractivity contribution is 6.32. The van der Waals surface area contributed by atoms with Gasteiger partial charge in [0.15, 0.2) is 5.78 Å². The smallest absolute Gasteiger partial charge is 0.170 e. The summed E-state index contributed by atoms with van der Waals surface area (Å²) in [7, 11) is 0. The number of carbonyl (C=O) groups is 1. The Balaban J connectivity index is 1.71. The van der Waals surface area contributed by atoms with Gasteiger partial charge in [0.25, 0.3) is 0 Å². The van der Waals surface area contributed by atoms with Crippen LogP contribution in [0.15, 0.2) is 109 Å². The third kappa shape index (κ3) is 3.45. The Morgan fingerprint density at radius 3 is 2.09 bits per heavy atom. The number of rotatable bonds is 3. The molecule has 0 fully saturated rings. The quantitative estimate of drug-likeness (QED) is 0.296. The summed E-state index contributed by atoms with van der Waals surface area (Å²) in [6.07, 6.45) is 0.385. The van der Waals surface area contributed by atoms with E-state index < -0.39 is 0 Å². The standard InChI is InChI=1S/C32H23NO/c1-21-16-17-24-19-30(34)32(31(27(24)18-21)23-12-6-3-7-13-23)29-20-26(22-10-4-2-5-11-22)25-14-8-9-15-28(25)33-29/h2-18,20H,19H2,1H3. The molecule has 0 N–H and O–H groups in total. The van der Waals surface area contributed by atoms with Gasteiger partial charge < -0.3 is 0 Å². The first-order valence-corrected chi connectivity index (χ1v) is 11.6. The third-order valence-corrected chi connectivity index (χ3v) is 6.53. The topological polar surface area (TPSA) is 30.0 Å². The molecule has 34 heavy (non-hydrogen) atoms. The SMILES string of the molecule is Cc1ccc2c(c1)C(c1ccccc1)=C(c1cc(-c3ccccc3)c3ccccc3n1)C(=O)C2. The summed E-state index contributed by atoms with van der Waals surface area (Å²) in [4.78, 5) is 18.7. The molecule has 1 aliphatic carbocycles. The van der Waals surface area contributed by atoms with Crippen molar-refractivity contribution in [2.24, 2.45) is 0 Å². The van der Waals surface area contributed by atoms with E-state index in [4.69, 9.17) is 4.98 Å². The molecule has 1 heterocycles. The van der Waals surface area contributed by atoms with Crippen molar-refractivity contribution in [3.8, 4) is 11.1 Å². The first-order chi connectivity index (χ1) is 16.7. The number of benzene rings is 4. The van der Waals surface area contributed by atoms with Crippen LogP contribution in [0, 0.1) is 6.92 Å². The van der Waals surface area contributed by atoms with Gasteiger partial charge in [-0.05, 0) is 46.9 Å². The van der Waals surface area contributed by atoms with E-state index in [-0.39, 0.29) is 5.78 Å². The van der Waals surface area contributed by atoms with Crippen LogP contribution in [-0.2, 0) is 11.2 Å². The van der Waals surface area contributed by atoms with Crippen LogP contribution in [0.5, 0.6) is 0 Å². The highest BCUT2D eigenvalue weighted by Crippen LogP contribution is 2.41. The van der Waals surface area contributed by atoms with Crippen LogP contribution in [0.3, 0.4) is 0 Å². The Kier molecular flexibility index (Phi) is 4.92. The number of hydrogen-bond donors (Lipinski definition) is 0. The Bertz CT molecular complexity index is 1580. The molecule has 2 nitrogen and oxygen atoms in total. The molecule has 0 aliphatic heterocycles. The molecule has 1 aromatic heterocycles. The van der Waals surface area contributed by atoms with Crippen LogP contribution in [0.4, 0.5) is 0 Å². The molecule has 0 spiro atoms. The number of fused-ring (bicyclic) bond motifs is 2. The second-order valence-electron chi connectivity index (χ2n) is 8.81. The molecule has 0 saturated heterocycles. The fraction of sp³-hybridized carbons (Fsp3) is 0.0625. The van der Waals surface area contributed by atoms with E-state index in [1.54, 1.807) is 0 Å². The number of pyridine rings is 1. The predicted molar refractivity (Wildman–Crippen MR) is 139 cm³/mol. The normalized spacial score (nSPS) is 13.3. The lowest BCUT2D eigenvalue weighted by Crippen LogP contribution is -2.17. The molecular formula is C32H23NO. The van der Waals surface area contributed by atoms with E-state index in [9.17, 15) is 4.79 Å². The summed E-state index contributed by atoms with van der Waals surface area (Å²) in [5, 5.41) is 1.08. The molecular weight excluding hydrogens is 414 g/mol. The summed E-state index contributed by atoms with van der Waals surface area (Å²) in [5.41, 5.74) is 9.90. The minimum Gasteiger partial charge on any atom is -0.294 e. The highest BCUT2D eigenvalue weighted by atomic mass is 16.1. The summed E-state index contributed by atoms with van der Waals surface area (Å²) in [6.45, 7) is 2.10. The first-order valence-electron chi connectivity index (χ1n) is 11.6. The molecule has 0 radical (unpaired) electrons. The number of ketones is 1. The van der Waals surface area contributed by atoms with E-state index in [2.05, 4.69) is 61.5 Å². The molecule has 0 atom stereocenters. The van der Waals surface area contributed by atoms with Crippen molar-refractivity contribution in [2.45, 2.75) is 13.3 Å². The summed E-state index contributed by atoms with van der Waals surface area (Å²) >= 11 is 0. The molecule has 0 amide bonds. The maximum Gasteiger partial charge on any atom is 0.170 e. The largest absolute Gasteiger partial charge is 0.294 e. The van der Waals surface area contributed by atoms with Gasteiger partial charge in [-0.2, -0.15) is 0 Å². The van der Waals surface area contributed by atoms with E-state index >= 15 is 0 Å². The Morgan fingerprint density at radius 1 is 0.647 bits per heavy atom. The first kappa shape index (κ1) is 20.3. The van der Waals surface area contributed by atoms with Crippen LogP contribution in [-0.4, -0.2) is 10.8 Å². The summed E-state index contributed by atoms with van der Waals surface area (Å²) in [6, 6.07) is 37.2. The van der Waals surface area contributed by atoms with Gasteiger partial charge in [-0.25, -0.2) is 4.98 Å². The van der Waals surface area contributed by atoms with Gasteiger partial charge in [-0.3, -0.25) is 4.79 Å². The molecule has 4 aromatic carbocycles. The Labute approximate surface area is 199 Å². The second-order valence-corrected chi connectivity index (χ2v) is 8.81. The molecule has 1 aliphatic rings. The molecule has 2 heteroatoms. The molecule has 0 saturated carbocycles. The number of hydrogen-bond acceptors (Lipinski definition) is 2. The van der Waals surface area contributed by atoms with Crippen molar-refractivity contribution in [3.05, 3.63) is 137 Å². The van der Waals surface area contributed by atoms with Crippen LogP contribution in [0.2, 0.25) is 0 Å². The van der Waals surface area contributed by atoms with Gasteiger partial charge in [-0.15, -0.1) is 0 Å². The van der Waals surface area contributed by atoms with Crippen molar-refractivity contribution < 1.29 is 4.79 Å². The van der Waals surface area contributed by atoms with Crippen molar-refractivity contribution in [3.63, 3.8) is 0 Å². The zero-order valence-electron chi connectivity index (χ0n) is 19.0. The maximum absolute atomic E-state index is 13.7. The van der Waals surface area contributed by atoms with Gasteiger partial charge in [0.2, 0.25) is 0 Å². The van der Waals surface area contributed by atoms with Gasteiger partial charge >= 0.3 is 0 Å². The van der Waals surface area contributed by atoms with Crippen LogP contribution < -0.4 is 0 Å². The number of Topliss-reactive ketones (excluding diaryl/α,β-unsaturated/α-hetero) is 1. The van der Waals surface area contributed by atoms with Crippen LogP contribution in [0.1, 0.15) is 27.9 Å². The minimum atomic E-state index is 0.108. The average molecular weight is 438 g/mol. The highest BCUT2D eigenvalue weighted by Gasteiger charge is 2.29. The van der Waals surface area contributed by atoms with Gasteiger partial charge in [0.05, 0.1) is 16.8 Å². The monoisotopic (exact) mass is 437 g/mol. The maximum atomic E-state index is 13.7. The third-order valence-electron chi connectivity index (χ3n) is 6.53. The molecule has 6 rings (SSSR count). The minimum absolute atomic E-state index is 0.108. The second kappa shape index (κ2) is 8.24. The van der Waals surface area contributed by atoms with E-state index in [1.807, 2.05) is 54.6 Å². The zero-order chi connectivity index (χ0) is 23.1. The number of carbonyl (C=O) groups excluding carboxylic acids is 1. The number of aromatic nitrogens is 1. The molecule has 0 unspecified atom stereocenters. The van der Waals surface area contributed by atoms with Gasteiger partial charge in [0, 0.05) is 17.4 Å². The molecule has 0 bridgehead atoms. The fourth-order valence-electron chi connectivity index (χ4n) is 4.95. The number of allylic oxidation sites excluding steroid dienone is 1. The number of aryl methyl sites for hydroxylation is 1. The lowest BCUT2D eigenvalue weighted by atomic mass is 9.79. The summed E-state index contributed by atoms with van der Waals surface area (Å²) < 4.78 is 0. The van der Waals surface area contributed by atoms with E-state index in [0.717, 1.165) is 50.0 Å². The number of para-hydroxylation sites is 1. The van der Waals surface area contributed by atoms with Crippen molar-refractivity contribution in [1.82, 2.24) is 4.98 Å². The number of nitrogens with zero attached hydrogens (tertiary/aromatic N) is 1. The van der Waals surface area contributed by atoms with E-state index in [0.29, 0.717) is 12.0 Å². The lowest BCUT2D eigenvalue weighted by Gasteiger charge is -2.24. The van der Waals surface area contributed by atoms with Crippen LogP contribution in [0.25, 0.3) is 33.2 Å². The fourth-order valence-corrected chi connectivity index (χ4v) is 4.95. The summed E-state index contributed by atoms with van der Waals surface area (Å²) in [5.74, 6) is 0.108. The lowest BCUT2D eigenvalue weighted by molar-refractivity contribution is -0.113. The predicted octanol–water partition coefficient (Wildman–Crippen LogP) is 7.29.